The summed E-state index contributed by atoms with van der Waals surface area (Å²) in [5.74, 6) is -0.507. The molecule has 0 N–H and O–H groups in total. The van der Waals surface area contributed by atoms with Crippen LogP contribution < -0.4 is 16.1 Å². The molecule has 2 aromatic rings. The van der Waals surface area contributed by atoms with Gasteiger partial charge in [-0.25, -0.2) is 23.9 Å². The summed E-state index contributed by atoms with van der Waals surface area (Å²) in [6, 6.07) is 1.09. The lowest BCUT2D eigenvalue weighted by molar-refractivity contribution is -0.275. The highest BCUT2D eigenvalue weighted by Gasteiger charge is 2.32. The summed E-state index contributed by atoms with van der Waals surface area (Å²) in [4.78, 5) is 28.0. The molecule has 2 rings (SSSR count). The van der Waals surface area contributed by atoms with Crippen LogP contribution in [0.25, 0.3) is 5.82 Å². The molecule has 0 unspecified atom stereocenters. The van der Waals surface area contributed by atoms with Crippen molar-refractivity contribution in [3.8, 4) is 11.6 Å². The quantitative estimate of drug-likeness (QED) is 0.820. The third kappa shape index (κ3) is 2.63. The Labute approximate surface area is 122 Å². The Morgan fingerprint density at radius 3 is 2.05 bits per heavy atom. The minimum Gasteiger partial charge on any atom is -0.404 e. The normalized spacial score (nSPS) is 11.8. The van der Waals surface area contributed by atoms with E-state index >= 15 is 0 Å². The molecule has 0 spiro atoms. The van der Waals surface area contributed by atoms with Crippen LogP contribution in [0.4, 0.5) is 13.2 Å². The van der Waals surface area contributed by atoms with Crippen molar-refractivity contribution in [2.45, 2.75) is 20.2 Å². The number of ether oxygens (including phenoxy) is 1. The number of pyridine rings is 1. The molecule has 0 aliphatic carbocycles. The lowest BCUT2D eigenvalue weighted by atomic mass is 10.2. The fraction of sp³-hybridized carbons (Fsp3) is 0.417. The summed E-state index contributed by atoms with van der Waals surface area (Å²) in [6.07, 6.45) is -4.85. The summed E-state index contributed by atoms with van der Waals surface area (Å²) in [7, 11) is 2.78. The van der Waals surface area contributed by atoms with Crippen molar-refractivity contribution in [2.75, 3.05) is 0 Å². The summed E-state index contributed by atoms with van der Waals surface area (Å²) < 4.78 is 43.7. The molecular weight excluding hydrogens is 305 g/mol. The molecule has 0 fully saturated rings. The van der Waals surface area contributed by atoms with E-state index in [1.54, 1.807) is 0 Å². The highest BCUT2D eigenvalue weighted by atomic mass is 19.4. The maximum atomic E-state index is 12.3. The van der Waals surface area contributed by atoms with Crippen molar-refractivity contribution < 1.29 is 17.9 Å². The van der Waals surface area contributed by atoms with Gasteiger partial charge in [0.25, 0.3) is 0 Å². The van der Waals surface area contributed by atoms with Crippen molar-refractivity contribution in [3.63, 3.8) is 0 Å². The second-order valence-electron chi connectivity index (χ2n) is 4.71. The molecule has 0 aliphatic rings. The Balaban J connectivity index is 2.65. The summed E-state index contributed by atoms with van der Waals surface area (Å²) in [5, 5.41) is 0. The molecule has 0 aromatic carbocycles. The van der Waals surface area contributed by atoms with E-state index < -0.39 is 23.5 Å². The largest absolute Gasteiger partial charge is 0.573 e. The van der Waals surface area contributed by atoms with Crippen molar-refractivity contribution in [3.05, 3.63) is 38.3 Å². The molecule has 120 valence electrons. The molecule has 2 heterocycles. The number of alkyl halides is 3. The van der Waals surface area contributed by atoms with Gasteiger partial charge in [-0.15, -0.1) is 13.2 Å². The standard InChI is InChI=1S/C12H13F3N4O3/c1-6-5-8(22-12(13,14)15)7(2)16-9(6)19-10(20)17(3)18(4)11(19)21/h5H,1-4H3. The van der Waals surface area contributed by atoms with Crippen LogP contribution >= 0.6 is 0 Å². The van der Waals surface area contributed by atoms with Crippen LogP contribution in [0.3, 0.4) is 0 Å². The number of nitrogens with zero attached hydrogens (tertiary/aromatic N) is 4. The number of hydrogen-bond donors (Lipinski definition) is 0. The SMILES string of the molecule is Cc1cc(OC(F)(F)F)c(C)nc1-n1c(=O)n(C)n(C)c1=O. The van der Waals surface area contributed by atoms with Crippen LogP contribution in [0.15, 0.2) is 15.7 Å². The van der Waals surface area contributed by atoms with Gasteiger partial charge < -0.3 is 4.74 Å². The molecule has 0 amide bonds. The third-order valence-electron chi connectivity index (χ3n) is 3.15. The Hall–Kier alpha value is -2.52. The maximum Gasteiger partial charge on any atom is 0.573 e. The second kappa shape index (κ2) is 5.04. The Kier molecular flexibility index (Phi) is 3.63. The van der Waals surface area contributed by atoms with E-state index in [-0.39, 0.29) is 17.1 Å². The first-order valence-electron chi connectivity index (χ1n) is 6.12. The molecular formula is C12H13F3N4O3. The molecule has 0 saturated carbocycles. The van der Waals surface area contributed by atoms with Gasteiger partial charge in [-0.3, -0.25) is 0 Å². The summed E-state index contributed by atoms with van der Waals surface area (Å²) in [5.41, 5.74) is -1.18. The highest BCUT2D eigenvalue weighted by Crippen LogP contribution is 2.27. The van der Waals surface area contributed by atoms with Gasteiger partial charge in [-0.1, -0.05) is 0 Å². The first kappa shape index (κ1) is 15.9. The number of aromatic nitrogens is 4. The van der Waals surface area contributed by atoms with Gasteiger partial charge in [0.15, 0.2) is 5.75 Å². The number of halogens is 3. The van der Waals surface area contributed by atoms with E-state index in [1.807, 2.05) is 0 Å². The molecule has 2 aromatic heterocycles. The zero-order valence-electron chi connectivity index (χ0n) is 12.2. The third-order valence-corrected chi connectivity index (χ3v) is 3.15. The predicted octanol–water partition coefficient (Wildman–Crippen LogP) is 0.785. The van der Waals surface area contributed by atoms with Crippen LogP contribution in [0.1, 0.15) is 11.3 Å². The van der Waals surface area contributed by atoms with E-state index in [0.717, 1.165) is 20.0 Å². The van der Waals surface area contributed by atoms with E-state index in [9.17, 15) is 22.8 Å². The first-order valence-corrected chi connectivity index (χ1v) is 6.12. The smallest absolute Gasteiger partial charge is 0.404 e. The molecule has 22 heavy (non-hydrogen) atoms. The van der Waals surface area contributed by atoms with Gasteiger partial charge in [0.05, 0.1) is 5.69 Å². The van der Waals surface area contributed by atoms with Gasteiger partial charge in [-0.2, -0.15) is 4.57 Å². The monoisotopic (exact) mass is 318 g/mol. The molecule has 0 radical (unpaired) electrons. The zero-order valence-corrected chi connectivity index (χ0v) is 12.2. The van der Waals surface area contributed by atoms with Crippen LogP contribution in [0.2, 0.25) is 0 Å². The average molecular weight is 318 g/mol. The van der Waals surface area contributed by atoms with Crippen LogP contribution in [0.5, 0.6) is 5.75 Å². The van der Waals surface area contributed by atoms with E-state index in [4.69, 9.17) is 0 Å². The molecule has 10 heteroatoms. The highest BCUT2D eigenvalue weighted by molar-refractivity contribution is 5.41. The fourth-order valence-corrected chi connectivity index (χ4v) is 1.93. The minimum atomic E-state index is -4.85. The van der Waals surface area contributed by atoms with Crippen molar-refractivity contribution in [1.29, 1.82) is 0 Å². The topological polar surface area (TPSA) is 71.1 Å². The maximum absolute atomic E-state index is 12.3. The van der Waals surface area contributed by atoms with Crippen LogP contribution in [-0.2, 0) is 14.1 Å². The van der Waals surface area contributed by atoms with Gasteiger partial charge >= 0.3 is 17.7 Å². The van der Waals surface area contributed by atoms with Crippen LogP contribution in [0, 0.1) is 13.8 Å². The number of aryl methyl sites for hydroxylation is 2. The molecule has 0 atom stereocenters. The number of hydrogen-bond acceptors (Lipinski definition) is 4. The van der Waals surface area contributed by atoms with Gasteiger partial charge in [0, 0.05) is 14.1 Å². The van der Waals surface area contributed by atoms with E-state index in [2.05, 4.69) is 9.72 Å². The van der Waals surface area contributed by atoms with Crippen molar-refractivity contribution in [1.82, 2.24) is 18.9 Å². The molecule has 0 aliphatic heterocycles. The average Bonchev–Trinajstić information content (AvgIpc) is 2.57. The van der Waals surface area contributed by atoms with Gasteiger partial charge in [0.1, 0.15) is 5.82 Å². The minimum absolute atomic E-state index is 0.0294. The first-order chi connectivity index (χ1) is 10.0. The van der Waals surface area contributed by atoms with E-state index in [0.29, 0.717) is 0 Å². The second-order valence-corrected chi connectivity index (χ2v) is 4.71. The lowest BCUT2D eigenvalue weighted by Crippen LogP contribution is -2.29. The van der Waals surface area contributed by atoms with E-state index in [1.165, 1.54) is 27.9 Å². The fourth-order valence-electron chi connectivity index (χ4n) is 1.93. The van der Waals surface area contributed by atoms with Crippen LogP contribution in [-0.4, -0.2) is 25.3 Å². The molecule has 7 nitrogen and oxygen atoms in total. The number of rotatable bonds is 2. The molecule has 0 saturated heterocycles. The Bertz CT molecular complexity index is 812. The summed E-state index contributed by atoms with van der Waals surface area (Å²) in [6.45, 7) is 2.73. The lowest BCUT2D eigenvalue weighted by Gasteiger charge is -2.13. The van der Waals surface area contributed by atoms with Gasteiger partial charge in [-0.05, 0) is 25.5 Å². The Morgan fingerprint density at radius 1 is 1.09 bits per heavy atom. The predicted molar refractivity (Wildman–Crippen MR) is 70.2 cm³/mol. The van der Waals surface area contributed by atoms with Gasteiger partial charge in [0.2, 0.25) is 0 Å². The van der Waals surface area contributed by atoms with Crippen molar-refractivity contribution >= 4 is 0 Å². The Morgan fingerprint density at radius 2 is 1.59 bits per heavy atom. The summed E-state index contributed by atoms with van der Waals surface area (Å²) >= 11 is 0. The zero-order chi connectivity index (χ0) is 16.8. The van der Waals surface area contributed by atoms with Crippen molar-refractivity contribution in [2.24, 2.45) is 14.1 Å². The molecule has 0 bridgehead atoms.